The van der Waals surface area contributed by atoms with Gasteiger partial charge in [0.2, 0.25) is 5.78 Å². The summed E-state index contributed by atoms with van der Waals surface area (Å²) in [6.07, 6.45) is 0. The fourth-order valence-corrected chi connectivity index (χ4v) is 2.59. The van der Waals surface area contributed by atoms with E-state index in [1.807, 2.05) is 24.3 Å². The molecule has 0 amide bonds. The lowest BCUT2D eigenvalue weighted by Gasteiger charge is -2.07. The van der Waals surface area contributed by atoms with Gasteiger partial charge in [0.15, 0.2) is 6.61 Å². The second kappa shape index (κ2) is 7.14. The van der Waals surface area contributed by atoms with E-state index in [4.69, 9.17) is 4.74 Å². The van der Waals surface area contributed by atoms with E-state index in [0.29, 0.717) is 5.82 Å². The molecule has 1 heterocycles. The highest BCUT2D eigenvalue weighted by Gasteiger charge is 2.15. The van der Waals surface area contributed by atoms with E-state index < -0.39 is 23.3 Å². The molecule has 0 bridgehead atoms. The number of esters is 1. The number of nitro groups is 1. The first-order valence-corrected chi connectivity index (χ1v) is 7.81. The third-order valence-corrected chi connectivity index (χ3v) is 3.88. The summed E-state index contributed by atoms with van der Waals surface area (Å²) in [7, 11) is 0. The maximum absolute atomic E-state index is 12.1. The summed E-state index contributed by atoms with van der Waals surface area (Å²) >= 11 is 0. The Hall–Kier alpha value is -3.55. The van der Waals surface area contributed by atoms with Gasteiger partial charge < -0.3 is 9.30 Å². The Morgan fingerprint density at radius 3 is 2.73 bits per heavy atom. The van der Waals surface area contributed by atoms with E-state index in [1.165, 1.54) is 18.2 Å². The molecule has 0 aliphatic carbocycles. The summed E-state index contributed by atoms with van der Waals surface area (Å²) in [6, 6.07) is 12.7. The zero-order valence-electron chi connectivity index (χ0n) is 13.9. The van der Waals surface area contributed by atoms with Gasteiger partial charge in [-0.05, 0) is 19.1 Å². The number of nitro benzene ring substituents is 1. The number of benzene rings is 2. The number of carbonyl (C=O) groups is 2. The minimum atomic E-state index is -0.588. The van der Waals surface area contributed by atoms with Crippen molar-refractivity contribution in [3.8, 4) is 0 Å². The van der Waals surface area contributed by atoms with Crippen molar-refractivity contribution in [2.45, 2.75) is 13.5 Å². The molecule has 3 aromatic rings. The first kappa shape index (κ1) is 17.3. The van der Waals surface area contributed by atoms with Gasteiger partial charge in [0, 0.05) is 17.7 Å². The Bertz CT molecular complexity index is 1010. The van der Waals surface area contributed by atoms with Crippen LogP contribution in [0.4, 0.5) is 5.69 Å². The lowest BCUT2D eigenvalue weighted by Crippen LogP contribution is -2.19. The zero-order chi connectivity index (χ0) is 18.7. The van der Waals surface area contributed by atoms with Crippen molar-refractivity contribution < 1.29 is 19.2 Å². The Morgan fingerprint density at radius 2 is 1.96 bits per heavy atom. The number of carbonyl (C=O) groups excluding carboxylic acids is 2. The number of ketones is 1. The van der Waals surface area contributed by atoms with Crippen LogP contribution in [0.1, 0.15) is 16.2 Å². The monoisotopic (exact) mass is 353 g/mol. The topological polar surface area (TPSA) is 104 Å². The molecular formula is C18H15N3O5. The summed E-state index contributed by atoms with van der Waals surface area (Å²) in [5.74, 6) is -0.433. The van der Waals surface area contributed by atoms with Crippen molar-refractivity contribution in [1.82, 2.24) is 9.55 Å². The highest BCUT2D eigenvalue weighted by molar-refractivity contribution is 5.98. The molecule has 0 N–H and O–H groups in total. The SMILES string of the molecule is Cc1nc2ccccc2n1CC(=O)OCC(=O)c1cccc([N+](=O)[O-])c1. The summed E-state index contributed by atoms with van der Waals surface area (Å²) in [6.45, 7) is 1.22. The van der Waals surface area contributed by atoms with E-state index in [1.54, 1.807) is 11.5 Å². The second-order valence-electron chi connectivity index (χ2n) is 5.63. The van der Waals surface area contributed by atoms with Gasteiger partial charge in [0.05, 0.1) is 16.0 Å². The largest absolute Gasteiger partial charge is 0.456 e. The van der Waals surface area contributed by atoms with Crippen molar-refractivity contribution in [3.63, 3.8) is 0 Å². The van der Waals surface area contributed by atoms with E-state index in [-0.39, 0.29) is 17.8 Å². The lowest BCUT2D eigenvalue weighted by molar-refractivity contribution is -0.384. The van der Waals surface area contributed by atoms with Crippen molar-refractivity contribution in [3.05, 3.63) is 70.0 Å². The molecule has 26 heavy (non-hydrogen) atoms. The van der Waals surface area contributed by atoms with Gasteiger partial charge in [-0.25, -0.2) is 4.98 Å². The van der Waals surface area contributed by atoms with Gasteiger partial charge >= 0.3 is 5.97 Å². The predicted octanol–water partition coefficient (Wildman–Crippen LogP) is 2.68. The number of hydrogen-bond donors (Lipinski definition) is 0. The van der Waals surface area contributed by atoms with Crippen LogP contribution in [0, 0.1) is 17.0 Å². The smallest absolute Gasteiger partial charge is 0.326 e. The van der Waals surface area contributed by atoms with Gasteiger partial charge in [-0.1, -0.05) is 24.3 Å². The molecule has 0 aliphatic rings. The third-order valence-electron chi connectivity index (χ3n) is 3.88. The number of ether oxygens (including phenoxy) is 1. The van der Waals surface area contributed by atoms with Gasteiger partial charge in [-0.2, -0.15) is 0 Å². The number of aryl methyl sites for hydroxylation is 1. The number of fused-ring (bicyclic) bond motifs is 1. The number of imidazole rings is 1. The lowest BCUT2D eigenvalue weighted by atomic mass is 10.1. The van der Waals surface area contributed by atoms with Crippen molar-refractivity contribution in [2.75, 3.05) is 6.61 Å². The van der Waals surface area contributed by atoms with Crippen molar-refractivity contribution in [1.29, 1.82) is 0 Å². The van der Waals surface area contributed by atoms with Crippen LogP contribution < -0.4 is 0 Å². The van der Waals surface area contributed by atoms with E-state index in [2.05, 4.69) is 4.98 Å². The molecular weight excluding hydrogens is 338 g/mol. The number of rotatable bonds is 6. The quantitative estimate of drug-likeness (QED) is 0.292. The predicted molar refractivity (Wildman–Crippen MR) is 92.9 cm³/mol. The summed E-state index contributed by atoms with van der Waals surface area (Å²) in [5.41, 5.74) is 1.50. The normalized spacial score (nSPS) is 10.7. The highest BCUT2D eigenvalue weighted by Crippen LogP contribution is 2.16. The number of para-hydroxylation sites is 2. The minimum Gasteiger partial charge on any atom is -0.456 e. The fourth-order valence-electron chi connectivity index (χ4n) is 2.59. The molecule has 8 heteroatoms. The maximum atomic E-state index is 12.1. The van der Waals surface area contributed by atoms with Crippen LogP contribution in [0.15, 0.2) is 48.5 Å². The molecule has 8 nitrogen and oxygen atoms in total. The minimum absolute atomic E-state index is 0.0748. The number of nitrogens with zero attached hydrogens (tertiary/aromatic N) is 3. The summed E-state index contributed by atoms with van der Waals surface area (Å²) in [5, 5.41) is 10.8. The number of non-ortho nitro benzene ring substituents is 1. The summed E-state index contributed by atoms with van der Waals surface area (Å²) in [4.78, 5) is 38.7. The average Bonchev–Trinajstić information content (AvgIpc) is 2.95. The molecule has 3 rings (SSSR count). The molecule has 0 radical (unpaired) electrons. The molecule has 0 saturated heterocycles. The van der Waals surface area contributed by atoms with Crippen LogP contribution in [0.2, 0.25) is 0 Å². The summed E-state index contributed by atoms with van der Waals surface area (Å²) < 4.78 is 6.73. The second-order valence-corrected chi connectivity index (χ2v) is 5.63. The first-order chi connectivity index (χ1) is 12.5. The Balaban J connectivity index is 1.65. The number of aromatic nitrogens is 2. The molecule has 2 aromatic carbocycles. The number of Topliss-reactive ketones (excluding diaryl/α,β-unsaturated/α-hetero) is 1. The van der Waals surface area contributed by atoms with E-state index in [0.717, 1.165) is 17.1 Å². The number of hydrogen-bond acceptors (Lipinski definition) is 6. The molecule has 0 spiro atoms. The Kier molecular flexibility index (Phi) is 4.74. The maximum Gasteiger partial charge on any atom is 0.326 e. The van der Waals surface area contributed by atoms with Gasteiger partial charge in [-0.3, -0.25) is 19.7 Å². The van der Waals surface area contributed by atoms with Crippen LogP contribution in [0.5, 0.6) is 0 Å². The van der Waals surface area contributed by atoms with Crippen LogP contribution in [-0.2, 0) is 16.1 Å². The standard InChI is InChI=1S/C18H15N3O5/c1-12-19-15-7-2-3-8-16(15)20(12)10-18(23)26-11-17(22)13-5-4-6-14(9-13)21(24)25/h2-9H,10-11H2,1H3. The van der Waals surface area contributed by atoms with Crippen LogP contribution >= 0.6 is 0 Å². The Labute approximate surface area is 148 Å². The molecule has 0 unspecified atom stereocenters. The average molecular weight is 353 g/mol. The molecule has 0 aliphatic heterocycles. The van der Waals surface area contributed by atoms with Crippen LogP contribution in [-0.4, -0.2) is 32.8 Å². The van der Waals surface area contributed by atoms with Crippen LogP contribution in [0.25, 0.3) is 11.0 Å². The third kappa shape index (κ3) is 3.59. The molecule has 0 fully saturated rings. The van der Waals surface area contributed by atoms with E-state index >= 15 is 0 Å². The van der Waals surface area contributed by atoms with Gasteiger partial charge in [0.25, 0.3) is 5.69 Å². The van der Waals surface area contributed by atoms with Crippen molar-refractivity contribution in [2.24, 2.45) is 0 Å². The first-order valence-electron chi connectivity index (χ1n) is 7.81. The molecule has 1 aromatic heterocycles. The van der Waals surface area contributed by atoms with E-state index in [9.17, 15) is 19.7 Å². The van der Waals surface area contributed by atoms with Gasteiger partial charge in [0.1, 0.15) is 12.4 Å². The molecule has 0 atom stereocenters. The molecule has 0 saturated carbocycles. The van der Waals surface area contributed by atoms with Gasteiger partial charge in [-0.15, -0.1) is 0 Å². The fraction of sp³-hybridized carbons (Fsp3) is 0.167. The Morgan fingerprint density at radius 1 is 1.19 bits per heavy atom. The highest BCUT2D eigenvalue weighted by atomic mass is 16.6. The zero-order valence-corrected chi connectivity index (χ0v) is 13.9. The van der Waals surface area contributed by atoms with Crippen LogP contribution in [0.3, 0.4) is 0 Å². The molecule has 132 valence electrons. The van der Waals surface area contributed by atoms with Crippen molar-refractivity contribution >= 4 is 28.5 Å².